The molecule has 1 heterocycles. The normalized spacial score (nSPS) is 15.9. The molecule has 8 heteroatoms. The molecule has 1 aliphatic heterocycles. The van der Waals surface area contributed by atoms with E-state index in [1.807, 2.05) is 36.4 Å². The summed E-state index contributed by atoms with van der Waals surface area (Å²) in [6.45, 7) is 1.49. The second-order valence-electron chi connectivity index (χ2n) is 7.93. The highest BCUT2D eigenvalue weighted by Gasteiger charge is 2.31. The number of sulfone groups is 1. The number of ether oxygens (including phenoxy) is 1. The van der Waals surface area contributed by atoms with Gasteiger partial charge in [-0.05, 0) is 53.1 Å². The zero-order valence-electron chi connectivity index (χ0n) is 18.4. The van der Waals surface area contributed by atoms with E-state index in [1.165, 1.54) is 24.1 Å². The number of carbonyl (C=O) groups is 1. The first-order valence-electron chi connectivity index (χ1n) is 10.5. The van der Waals surface area contributed by atoms with Crippen LogP contribution in [0.2, 0.25) is 0 Å². The molecular formula is C25H25N3O4S. The summed E-state index contributed by atoms with van der Waals surface area (Å²) < 4.78 is 30.6. The predicted molar refractivity (Wildman–Crippen MR) is 128 cm³/mol. The summed E-state index contributed by atoms with van der Waals surface area (Å²) in [7, 11) is -1.87. The Hall–Kier alpha value is -3.65. The first kappa shape index (κ1) is 22.5. The maximum Gasteiger partial charge on any atom is 0.240 e. The molecule has 0 aromatic heterocycles. The van der Waals surface area contributed by atoms with Crippen molar-refractivity contribution in [2.75, 3.05) is 12.8 Å². The predicted octanol–water partition coefficient (Wildman–Crippen LogP) is 3.95. The Morgan fingerprint density at radius 2 is 1.67 bits per heavy atom. The minimum Gasteiger partial charge on any atom is -0.497 e. The van der Waals surface area contributed by atoms with Crippen LogP contribution in [0.15, 0.2) is 82.8 Å². The third kappa shape index (κ3) is 4.90. The number of hydrogen-bond acceptors (Lipinski definition) is 6. The van der Waals surface area contributed by atoms with E-state index in [2.05, 4.69) is 5.10 Å². The van der Waals surface area contributed by atoms with Crippen molar-refractivity contribution >= 4 is 27.1 Å². The Bertz CT molecular complexity index is 1280. The van der Waals surface area contributed by atoms with E-state index in [0.717, 1.165) is 22.6 Å². The van der Waals surface area contributed by atoms with Gasteiger partial charge in [-0.3, -0.25) is 4.79 Å². The lowest BCUT2D eigenvalue weighted by Gasteiger charge is -2.20. The molecule has 0 saturated carbocycles. The molecule has 1 atom stereocenters. The smallest absolute Gasteiger partial charge is 0.240 e. The molecule has 0 radical (unpaired) electrons. The quantitative estimate of drug-likeness (QED) is 0.558. The lowest BCUT2D eigenvalue weighted by molar-refractivity contribution is -0.130. The van der Waals surface area contributed by atoms with Gasteiger partial charge in [0.05, 0.1) is 29.5 Å². The van der Waals surface area contributed by atoms with Crippen molar-refractivity contribution in [1.29, 1.82) is 0 Å². The van der Waals surface area contributed by atoms with Gasteiger partial charge in [-0.2, -0.15) is 5.10 Å². The monoisotopic (exact) mass is 463 g/mol. The van der Waals surface area contributed by atoms with Crippen molar-refractivity contribution in [3.05, 3.63) is 89.5 Å². The van der Waals surface area contributed by atoms with Gasteiger partial charge >= 0.3 is 0 Å². The molecule has 0 aliphatic carbocycles. The summed E-state index contributed by atoms with van der Waals surface area (Å²) in [5.74, 6) is 0.492. The first-order valence-corrected chi connectivity index (χ1v) is 12.1. The molecule has 1 amide bonds. The third-order valence-corrected chi connectivity index (χ3v) is 7.32. The van der Waals surface area contributed by atoms with Crippen LogP contribution in [0.5, 0.6) is 5.75 Å². The molecule has 7 nitrogen and oxygen atoms in total. The third-order valence-electron chi connectivity index (χ3n) is 5.62. The highest BCUT2D eigenvalue weighted by atomic mass is 32.2. The Balaban J connectivity index is 1.52. The molecule has 4 rings (SSSR count). The van der Waals surface area contributed by atoms with Crippen molar-refractivity contribution in [1.82, 2.24) is 5.01 Å². The summed E-state index contributed by atoms with van der Waals surface area (Å²) in [5, 5.41) is 6.05. The van der Waals surface area contributed by atoms with Crippen LogP contribution in [0.4, 0.5) is 5.69 Å². The van der Waals surface area contributed by atoms with Crippen LogP contribution in [-0.4, -0.2) is 32.2 Å². The van der Waals surface area contributed by atoms with Crippen LogP contribution in [0.25, 0.3) is 0 Å². The zero-order chi connectivity index (χ0) is 23.6. The SMILES string of the molecule is COc1ccc(C2CC(c3ccc(CS(=O)(=O)c4ccc(N)cc4)cc3)=NN2C(C)=O)cc1. The number of nitrogens with zero attached hydrogens (tertiary/aromatic N) is 2. The Labute approximate surface area is 193 Å². The molecule has 33 heavy (non-hydrogen) atoms. The van der Waals surface area contributed by atoms with E-state index in [-0.39, 0.29) is 22.6 Å². The van der Waals surface area contributed by atoms with Crippen molar-refractivity contribution in [2.45, 2.75) is 30.0 Å². The largest absolute Gasteiger partial charge is 0.497 e. The van der Waals surface area contributed by atoms with Gasteiger partial charge in [-0.1, -0.05) is 36.4 Å². The first-order chi connectivity index (χ1) is 15.8. The molecule has 0 spiro atoms. The number of rotatable bonds is 6. The fourth-order valence-electron chi connectivity index (χ4n) is 3.83. The summed E-state index contributed by atoms with van der Waals surface area (Å²) in [6, 6.07) is 20.8. The van der Waals surface area contributed by atoms with Gasteiger partial charge in [0.2, 0.25) is 5.91 Å². The van der Waals surface area contributed by atoms with Gasteiger partial charge in [0, 0.05) is 19.0 Å². The number of amides is 1. The van der Waals surface area contributed by atoms with Crippen LogP contribution in [-0.2, 0) is 20.4 Å². The fourth-order valence-corrected chi connectivity index (χ4v) is 5.18. The minimum absolute atomic E-state index is 0.113. The van der Waals surface area contributed by atoms with Gasteiger partial charge in [-0.15, -0.1) is 0 Å². The van der Waals surface area contributed by atoms with E-state index in [4.69, 9.17) is 10.5 Å². The van der Waals surface area contributed by atoms with Crippen LogP contribution in [0, 0.1) is 0 Å². The van der Waals surface area contributed by atoms with Crippen molar-refractivity contribution in [2.24, 2.45) is 5.10 Å². The Kier molecular flexibility index (Phi) is 6.20. The van der Waals surface area contributed by atoms with Gasteiger partial charge in [0.25, 0.3) is 0 Å². The molecule has 0 bridgehead atoms. The lowest BCUT2D eigenvalue weighted by atomic mass is 9.98. The number of nitrogen functional groups attached to an aromatic ring is 1. The topological polar surface area (TPSA) is 102 Å². The van der Waals surface area contributed by atoms with Crippen LogP contribution < -0.4 is 10.5 Å². The number of nitrogens with two attached hydrogens (primary N) is 1. The maximum absolute atomic E-state index is 12.7. The molecule has 3 aromatic rings. The van der Waals surface area contributed by atoms with E-state index < -0.39 is 9.84 Å². The number of hydrogen-bond donors (Lipinski definition) is 1. The highest BCUT2D eigenvalue weighted by molar-refractivity contribution is 7.90. The molecule has 2 N–H and O–H groups in total. The van der Waals surface area contributed by atoms with Gasteiger partial charge in [0.15, 0.2) is 9.84 Å². The van der Waals surface area contributed by atoms with Crippen molar-refractivity contribution < 1.29 is 17.9 Å². The van der Waals surface area contributed by atoms with E-state index in [0.29, 0.717) is 17.7 Å². The molecule has 3 aromatic carbocycles. The highest BCUT2D eigenvalue weighted by Crippen LogP contribution is 2.33. The molecular weight excluding hydrogens is 438 g/mol. The van der Waals surface area contributed by atoms with Crippen molar-refractivity contribution in [3.63, 3.8) is 0 Å². The number of carbonyl (C=O) groups excluding carboxylic acids is 1. The second kappa shape index (κ2) is 9.07. The lowest BCUT2D eigenvalue weighted by Crippen LogP contribution is -2.24. The van der Waals surface area contributed by atoms with Crippen LogP contribution >= 0.6 is 0 Å². The van der Waals surface area contributed by atoms with Gasteiger partial charge < -0.3 is 10.5 Å². The number of benzene rings is 3. The molecule has 0 fully saturated rings. The maximum atomic E-state index is 12.7. The van der Waals surface area contributed by atoms with Gasteiger partial charge in [-0.25, -0.2) is 13.4 Å². The Morgan fingerprint density at radius 1 is 1.03 bits per heavy atom. The number of hydrazone groups is 1. The number of anilines is 1. The van der Waals surface area contributed by atoms with E-state index in [9.17, 15) is 13.2 Å². The minimum atomic E-state index is -3.48. The Morgan fingerprint density at radius 3 is 2.24 bits per heavy atom. The summed E-state index contributed by atoms with van der Waals surface area (Å²) >= 11 is 0. The van der Waals surface area contributed by atoms with E-state index in [1.54, 1.807) is 31.4 Å². The second-order valence-corrected chi connectivity index (χ2v) is 9.92. The van der Waals surface area contributed by atoms with Gasteiger partial charge in [0.1, 0.15) is 5.75 Å². The molecule has 0 saturated heterocycles. The number of methoxy groups -OCH3 is 1. The van der Waals surface area contributed by atoms with E-state index >= 15 is 0 Å². The summed E-state index contributed by atoms with van der Waals surface area (Å²) in [6.07, 6.45) is 0.564. The van der Waals surface area contributed by atoms with Crippen LogP contribution in [0.3, 0.4) is 0 Å². The fraction of sp³-hybridized carbons (Fsp3) is 0.200. The average Bonchev–Trinajstić information content (AvgIpc) is 3.25. The standard InChI is InChI=1S/C25H25N3O4S/c1-17(29)28-25(20-7-11-22(32-2)12-8-20)15-24(27-28)19-5-3-18(4-6-19)16-33(30,31)23-13-9-21(26)10-14-23/h3-14,25H,15-16,26H2,1-2H3. The molecule has 1 aliphatic rings. The van der Waals surface area contributed by atoms with Crippen LogP contribution in [0.1, 0.15) is 36.1 Å². The average molecular weight is 464 g/mol. The van der Waals surface area contributed by atoms with Crippen molar-refractivity contribution in [3.8, 4) is 5.75 Å². The summed E-state index contributed by atoms with van der Waals surface area (Å²) in [5.41, 5.74) is 9.44. The summed E-state index contributed by atoms with van der Waals surface area (Å²) in [4.78, 5) is 12.5. The zero-order valence-corrected chi connectivity index (χ0v) is 19.2. The molecule has 1 unspecified atom stereocenters. The molecule has 170 valence electrons.